The van der Waals surface area contributed by atoms with Crippen LogP contribution in [0.2, 0.25) is 0 Å². The first-order chi connectivity index (χ1) is 13.2. The van der Waals surface area contributed by atoms with Crippen LogP contribution in [0.5, 0.6) is 11.5 Å². The standard InChI is InChI=1S/C21H23N3O3/c1-4-19-18(14-23-24(19)16-8-6-5-7-9-16)21(25)22-13-15-10-11-17(26-2)12-20(15)27-3/h5-12,14H,4,13H2,1-3H3,(H,22,25). The molecule has 0 radical (unpaired) electrons. The number of carbonyl (C=O) groups excluding carboxylic acids is 1. The summed E-state index contributed by atoms with van der Waals surface area (Å²) in [4.78, 5) is 12.7. The van der Waals surface area contributed by atoms with Crippen LogP contribution in [0.3, 0.4) is 0 Å². The van der Waals surface area contributed by atoms with Crippen molar-refractivity contribution in [3.05, 3.63) is 71.5 Å². The lowest BCUT2D eigenvalue weighted by Gasteiger charge is -2.12. The monoisotopic (exact) mass is 365 g/mol. The Kier molecular flexibility index (Phi) is 5.76. The Hall–Kier alpha value is -3.28. The Morgan fingerprint density at radius 3 is 2.56 bits per heavy atom. The van der Waals surface area contributed by atoms with Gasteiger partial charge in [-0.1, -0.05) is 25.1 Å². The van der Waals surface area contributed by atoms with Crippen LogP contribution in [0, 0.1) is 0 Å². The Morgan fingerprint density at radius 1 is 1.11 bits per heavy atom. The van der Waals surface area contributed by atoms with E-state index in [0.29, 0.717) is 30.0 Å². The molecule has 27 heavy (non-hydrogen) atoms. The summed E-state index contributed by atoms with van der Waals surface area (Å²) in [7, 11) is 3.20. The molecule has 1 amide bonds. The molecule has 0 saturated heterocycles. The summed E-state index contributed by atoms with van der Waals surface area (Å²) in [5.74, 6) is 1.22. The fourth-order valence-corrected chi connectivity index (χ4v) is 2.96. The number of nitrogens with one attached hydrogen (secondary N) is 1. The van der Waals surface area contributed by atoms with E-state index in [-0.39, 0.29) is 5.91 Å². The van der Waals surface area contributed by atoms with Gasteiger partial charge in [0.1, 0.15) is 11.5 Å². The third-order valence-corrected chi connectivity index (χ3v) is 4.38. The van der Waals surface area contributed by atoms with E-state index in [2.05, 4.69) is 10.4 Å². The van der Waals surface area contributed by atoms with Crippen molar-refractivity contribution in [2.45, 2.75) is 19.9 Å². The van der Waals surface area contributed by atoms with Gasteiger partial charge in [-0.15, -0.1) is 0 Å². The first-order valence-corrected chi connectivity index (χ1v) is 8.79. The van der Waals surface area contributed by atoms with Gasteiger partial charge in [-0.2, -0.15) is 5.10 Å². The van der Waals surface area contributed by atoms with Gasteiger partial charge in [-0.25, -0.2) is 4.68 Å². The molecule has 1 aromatic heterocycles. The topological polar surface area (TPSA) is 65.4 Å². The van der Waals surface area contributed by atoms with Gasteiger partial charge in [0.15, 0.2) is 0 Å². The van der Waals surface area contributed by atoms with Crippen molar-refractivity contribution < 1.29 is 14.3 Å². The molecule has 0 aliphatic heterocycles. The summed E-state index contributed by atoms with van der Waals surface area (Å²) in [6.07, 6.45) is 2.32. The van der Waals surface area contributed by atoms with Crippen molar-refractivity contribution in [1.82, 2.24) is 15.1 Å². The van der Waals surface area contributed by atoms with E-state index in [1.54, 1.807) is 26.5 Å². The molecule has 140 valence electrons. The number of para-hydroxylation sites is 1. The molecule has 0 unspecified atom stereocenters. The normalized spacial score (nSPS) is 10.5. The quantitative estimate of drug-likeness (QED) is 0.697. The van der Waals surface area contributed by atoms with Crippen LogP contribution in [0.4, 0.5) is 0 Å². The van der Waals surface area contributed by atoms with Crippen molar-refractivity contribution in [2.75, 3.05) is 14.2 Å². The molecule has 6 heteroatoms. The van der Waals surface area contributed by atoms with Gasteiger partial charge in [0, 0.05) is 18.2 Å². The summed E-state index contributed by atoms with van der Waals surface area (Å²) < 4.78 is 12.4. The number of nitrogens with zero attached hydrogens (tertiary/aromatic N) is 2. The predicted molar refractivity (Wildman–Crippen MR) is 104 cm³/mol. The maximum Gasteiger partial charge on any atom is 0.255 e. The van der Waals surface area contributed by atoms with Crippen LogP contribution in [0.25, 0.3) is 5.69 Å². The van der Waals surface area contributed by atoms with Crippen LogP contribution >= 0.6 is 0 Å². The zero-order chi connectivity index (χ0) is 19.2. The minimum Gasteiger partial charge on any atom is -0.497 e. The second-order valence-electron chi connectivity index (χ2n) is 5.97. The molecule has 2 aromatic carbocycles. The molecule has 0 aliphatic rings. The van der Waals surface area contributed by atoms with Crippen molar-refractivity contribution in [3.8, 4) is 17.2 Å². The van der Waals surface area contributed by atoms with Crippen LogP contribution < -0.4 is 14.8 Å². The summed E-state index contributed by atoms with van der Waals surface area (Å²) in [5.41, 5.74) is 3.26. The van der Waals surface area contributed by atoms with Gasteiger partial charge >= 0.3 is 0 Å². The summed E-state index contributed by atoms with van der Waals surface area (Å²) in [5, 5.41) is 7.36. The number of hydrogen-bond acceptors (Lipinski definition) is 4. The van der Waals surface area contributed by atoms with Gasteiger partial charge < -0.3 is 14.8 Å². The molecule has 0 saturated carbocycles. The molecule has 3 aromatic rings. The third kappa shape index (κ3) is 3.95. The highest BCUT2D eigenvalue weighted by Crippen LogP contribution is 2.24. The van der Waals surface area contributed by atoms with E-state index in [4.69, 9.17) is 9.47 Å². The van der Waals surface area contributed by atoms with E-state index >= 15 is 0 Å². The molecule has 0 aliphatic carbocycles. The average molecular weight is 365 g/mol. The molecule has 6 nitrogen and oxygen atoms in total. The smallest absolute Gasteiger partial charge is 0.255 e. The lowest BCUT2D eigenvalue weighted by atomic mass is 10.1. The Bertz CT molecular complexity index is 920. The molecular weight excluding hydrogens is 342 g/mol. The lowest BCUT2D eigenvalue weighted by Crippen LogP contribution is -2.24. The van der Waals surface area contributed by atoms with Crippen LogP contribution in [0.1, 0.15) is 28.5 Å². The molecular formula is C21H23N3O3. The first-order valence-electron chi connectivity index (χ1n) is 8.79. The number of methoxy groups -OCH3 is 2. The molecule has 0 bridgehead atoms. The highest BCUT2D eigenvalue weighted by atomic mass is 16.5. The zero-order valence-corrected chi connectivity index (χ0v) is 15.7. The van der Waals surface area contributed by atoms with Crippen LogP contribution in [0.15, 0.2) is 54.7 Å². The highest BCUT2D eigenvalue weighted by Gasteiger charge is 2.17. The van der Waals surface area contributed by atoms with Crippen molar-refractivity contribution in [3.63, 3.8) is 0 Å². The zero-order valence-electron chi connectivity index (χ0n) is 15.7. The molecule has 1 N–H and O–H groups in total. The summed E-state index contributed by atoms with van der Waals surface area (Å²) in [6, 6.07) is 15.3. The molecule has 0 fully saturated rings. The third-order valence-electron chi connectivity index (χ3n) is 4.38. The van der Waals surface area contributed by atoms with Gasteiger partial charge in [0.25, 0.3) is 5.91 Å². The number of amides is 1. The Morgan fingerprint density at radius 2 is 1.89 bits per heavy atom. The first kappa shape index (κ1) is 18.5. The second kappa shape index (κ2) is 8.40. The summed E-state index contributed by atoms with van der Waals surface area (Å²) in [6.45, 7) is 2.37. The molecule has 3 rings (SSSR count). The fraction of sp³-hybridized carbons (Fsp3) is 0.238. The van der Waals surface area contributed by atoms with Crippen molar-refractivity contribution in [1.29, 1.82) is 0 Å². The van der Waals surface area contributed by atoms with E-state index in [0.717, 1.165) is 16.9 Å². The lowest BCUT2D eigenvalue weighted by molar-refractivity contribution is 0.0949. The molecule has 1 heterocycles. The second-order valence-corrected chi connectivity index (χ2v) is 5.97. The Balaban J connectivity index is 1.78. The highest BCUT2D eigenvalue weighted by molar-refractivity contribution is 5.95. The summed E-state index contributed by atoms with van der Waals surface area (Å²) >= 11 is 0. The van der Waals surface area contributed by atoms with E-state index in [9.17, 15) is 4.79 Å². The number of ether oxygens (including phenoxy) is 2. The van der Waals surface area contributed by atoms with Crippen LogP contribution in [-0.2, 0) is 13.0 Å². The maximum absolute atomic E-state index is 12.7. The molecule has 0 atom stereocenters. The number of carbonyl (C=O) groups is 1. The van der Waals surface area contributed by atoms with Crippen molar-refractivity contribution in [2.24, 2.45) is 0 Å². The van der Waals surface area contributed by atoms with Gasteiger partial charge in [-0.3, -0.25) is 4.79 Å². The van der Waals surface area contributed by atoms with Crippen LogP contribution in [-0.4, -0.2) is 29.9 Å². The van der Waals surface area contributed by atoms with E-state index in [1.807, 2.05) is 54.1 Å². The molecule has 0 spiro atoms. The number of benzene rings is 2. The number of rotatable bonds is 7. The minimum absolute atomic E-state index is 0.160. The number of hydrogen-bond donors (Lipinski definition) is 1. The van der Waals surface area contributed by atoms with E-state index in [1.165, 1.54) is 0 Å². The average Bonchev–Trinajstić information content (AvgIpc) is 3.16. The minimum atomic E-state index is -0.160. The number of aromatic nitrogens is 2. The van der Waals surface area contributed by atoms with Gasteiger partial charge in [-0.05, 0) is 30.7 Å². The van der Waals surface area contributed by atoms with Gasteiger partial charge in [0.05, 0.1) is 37.4 Å². The maximum atomic E-state index is 12.7. The largest absolute Gasteiger partial charge is 0.497 e. The van der Waals surface area contributed by atoms with E-state index < -0.39 is 0 Å². The predicted octanol–water partition coefficient (Wildman–Crippen LogP) is 3.38. The van der Waals surface area contributed by atoms with Crippen molar-refractivity contribution >= 4 is 5.91 Å². The SMILES string of the molecule is CCc1c(C(=O)NCc2ccc(OC)cc2OC)cnn1-c1ccccc1. The Labute approximate surface area is 158 Å². The van der Waals surface area contributed by atoms with Gasteiger partial charge in [0.2, 0.25) is 0 Å². The fourth-order valence-electron chi connectivity index (χ4n) is 2.96.